The van der Waals surface area contributed by atoms with Crippen molar-refractivity contribution < 1.29 is 38.5 Å². The molecule has 6 atom stereocenters. The molecule has 0 saturated carbocycles. The fourth-order valence-electron chi connectivity index (χ4n) is 5.33. The molecule has 2 saturated heterocycles. The number of hydrogen-bond acceptors (Lipinski definition) is 9. The smallest absolute Gasteiger partial charge is 0.246 e. The number of epoxide rings is 1. The fraction of sp³-hybridized carbons (Fsp3) is 0.613. The summed E-state index contributed by atoms with van der Waals surface area (Å²) in [7, 11) is 1.51. The van der Waals surface area contributed by atoms with E-state index < -0.39 is 41.6 Å². The first-order valence-corrected chi connectivity index (χ1v) is 15.0. The van der Waals surface area contributed by atoms with Crippen LogP contribution in [0.25, 0.3) is 0 Å². The second-order valence-corrected chi connectivity index (χ2v) is 11.7. The fourth-order valence-corrected chi connectivity index (χ4v) is 5.33. The largest absolute Gasteiger partial charge is 0.497 e. The zero-order chi connectivity index (χ0) is 31.0. The number of carbonyl (C=O) groups excluding carboxylic acids is 4. The molecule has 1 aliphatic carbocycles. The normalized spacial score (nSPS) is 24.4. The minimum Gasteiger partial charge on any atom is -0.497 e. The summed E-state index contributed by atoms with van der Waals surface area (Å²) in [6.45, 7) is 5.20. The number of aliphatic hydroxyl groups is 1. The van der Waals surface area contributed by atoms with Crippen molar-refractivity contribution in [1.29, 1.82) is 0 Å². The lowest BCUT2D eigenvalue weighted by Gasteiger charge is -2.29. The molecule has 1 unspecified atom stereocenters. The third kappa shape index (κ3) is 9.09. The molecule has 0 aromatic heterocycles. The lowest BCUT2D eigenvalue weighted by Crippen LogP contribution is -2.58. The Morgan fingerprint density at radius 3 is 2.47 bits per heavy atom. The zero-order valence-corrected chi connectivity index (χ0v) is 25.1. The summed E-state index contributed by atoms with van der Waals surface area (Å²) in [5.41, 5.74) is 0.464. The number of morpholine rings is 1. The predicted octanol–water partition coefficient (Wildman–Crippen LogP) is 0.830. The number of hydrogen-bond donors (Lipinski definition) is 5. The van der Waals surface area contributed by atoms with Crippen molar-refractivity contribution in [2.24, 2.45) is 0 Å². The van der Waals surface area contributed by atoms with Crippen molar-refractivity contribution in [2.75, 3.05) is 33.4 Å². The van der Waals surface area contributed by atoms with E-state index in [-0.39, 0.29) is 30.8 Å². The molecule has 1 aromatic rings. The minimum absolute atomic E-state index is 0.0729. The average molecular weight is 601 g/mol. The number of ether oxygens (including phenoxy) is 3. The van der Waals surface area contributed by atoms with Crippen molar-refractivity contribution in [3.05, 3.63) is 41.5 Å². The van der Waals surface area contributed by atoms with E-state index in [2.05, 4.69) is 27.3 Å². The summed E-state index contributed by atoms with van der Waals surface area (Å²) >= 11 is 0. The number of ketones is 1. The molecule has 43 heavy (non-hydrogen) atoms. The van der Waals surface area contributed by atoms with E-state index in [1.165, 1.54) is 14.0 Å². The maximum absolute atomic E-state index is 13.8. The summed E-state index contributed by atoms with van der Waals surface area (Å²) in [6, 6.07) is 3.08. The molecule has 4 rings (SSSR count). The van der Waals surface area contributed by atoms with Crippen molar-refractivity contribution in [1.82, 2.24) is 21.3 Å². The molecule has 3 amide bonds. The van der Waals surface area contributed by atoms with Crippen LogP contribution in [0.1, 0.15) is 64.0 Å². The number of rotatable bonds is 14. The molecule has 3 aliphatic rings. The van der Waals surface area contributed by atoms with Crippen LogP contribution in [0, 0.1) is 0 Å². The number of aliphatic hydroxyl groups excluding tert-OH is 1. The Kier molecular flexibility index (Phi) is 11.3. The Hall–Kier alpha value is -3.32. The van der Waals surface area contributed by atoms with Gasteiger partial charge < -0.3 is 40.6 Å². The number of nitrogens with one attached hydrogen (secondary N) is 4. The maximum Gasteiger partial charge on any atom is 0.246 e. The molecular weight excluding hydrogens is 556 g/mol. The molecule has 5 N–H and O–H groups in total. The van der Waals surface area contributed by atoms with Crippen LogP contribution in [-0.4, -0.2) is 91.9 Å². The monoisotopic (exact) mass is 600 g/mol. The highest BCUT2D eigenvalue weighted by atomic mass is 16.6. The van der Waals surface area contributed by atoms with Crippen molar-refractivity contribution in [2.45, 2.75) is 88.3 Å². The first kappa shape index (κ1) is 32.6. The Bertz CT molecular complexity index is 1180. The van der Waals surface area contributed by atoms with E-state index in [9.17, 15) is 24.3 Å². The standard InChI is InChI=1S/C31H44N4O8/c1-19(33-25(36)16-23-17-32-13-14-42-23)29(39)35-26(27(37)21-9-11-22(41-3)12-10-21)30(40)34-24(28(38)31(2)18-43-31)15-20-7-5-4-6-8-20/h7,9-12,19,23-24,26-27,32,37H,4-6,8,13-18H2,1-3H3,(H,33,36)(H,34,40)(H,35,39)/t19-,23?,24-,26-,27+,31+/m0/s1. The van der Waals surface area contributed by atoms with Crippen LogP contribution in [0.15, 0.2) is 35.9 Å². The van der Waals surface area contributed by atoms with Crippen LogP contribution >= 0.6 is 0 Å². The quantitative estimate of drug-likeness (QED) is 0.153. The van der Waals surface area contributed by atoms with Crippen LogP contribution in [-0.2, 0) is 28.7 Å². The van der Waals surface area contributed by atoms with Crippen molar-refractivity contribution >= 4 is 23.5 Å². The number of methoxy groups -OCH3 is 1. The predicted molar refractivity (Wildman–Crippen MR) is 157 cm³/mol. The summed E-state index contributed by atoms with van der Waals surface area (Å²) < 4.78 is 16.1. The Balaban J connectivity index is 1.49. The molecular formula is C31H44N4O8. The van der Waals surface area contributed by atoms with Gasteiger partial charge in [0.05, 0.1) is 38.9 Å². The minimum atomic E-state index is -1.46. The van der Waals surface area contributed by atoms with Gasteiger partial charge in [-0.1, -0.05) is 23.8 Å². The molecule has 236 valence electrons. The number of carbonyl (C=O) groups is 4. The van der Waals surface area contributed by atoms with Gasteiger partial charge in [-0.05, 0) is 63.6 Å². The molecule has 0 bridgehead atoms. The molecule has 0 spiro atoms. The zero-order valence-electron chi connectivity index (χ0n) is 25.1. The lowest BCUT2D eigenvalue weighted by molar-refractivity contribution is -0.136. The first-order chi connectivity index (χ1) is 20.6. The molecule has 2 fully saturated rings. The highest BCUT2D eigenvalue weighted by molar-refractivity contribution is 5.98. The van der Waals surface area contributed by atoms with Crippen LogP contribution < -0.4 is 26.0 Å². The van der Waals surface area contributed by atoms with E-state index in [1.807, 2.05) is 0 Å². The molecule has 1 aromatic carbocycles. The Morgan fingerprint density at radius 1 is 1.12 bits per heavy atom. The SMILES string of the molecule is COc1ccc([C@@H](O)[C@H](NC(=O)[C@H](C)NC(=O)CC2CNCCO2)C(=O)N[C@@H](CC2=CCCCC2)C(=O)[C@@]2(C)CO2)cc1. The molecule has 12 nitrogen and oxygen atoms in total. The number of allylic oxidation sites excluding steroid dienone is 1. The van der Waals surface area contributed by atoms with E-state index in [1.54, 1.807) is 31.2 Å². The molecule has 12 heteroatoms. The van der Waals surface area contributed by atoms with E-state index >= 15 is 0 Å². The van der Waals surface area contributed by atoms with Gasteiger partial charge in [0.15, 0.2) is 5.78 Å². The van der Waals surface area contributed by atoms with E-state index in [0.29, 0.717) is 37.4 Å². The van der Waals surface area contributed by atoms with Gasteiger partial charge in [-0.25, -0.2) is 0 Å². The van der Waals surface area contributed by atoms with Crippen LogP contribution in [0.4, 0.5) is 0 Å². The van der Waals surface area contributed by atoms with Gasteiger partial charge in [-0.3, -0.25) is 19.2 Å². The summed E-state index contributed by atoms with van der Waals surface area (Å²) in [4.78, 5) is 53.0. The Morgan fingerprint density at radius 2 is 1.86 bits per heavy atom. The van der Waals surface area contributed by atoms with Gasteiger partial charge >= 0.3 is 0 Å². The summed E-state index contributed by atoms with van der Waals surface area (Å²) in [5.74, 6) is -1.47. The van der Waals surface area contributed by atoms with Gasteiger partial charge in [-0.15, -0.1) is 0 Å². The van der Waals surface area contributed by atoms with Gasteiger partial charge in [0.1, 0.15) is 29.5 Å². The van der Waals surface area contributed by atoms with Gasteiger partial charge in [0.2, 0.25) is 17.7 Å². The van der Waals surface area contributed by atoms with Crippen LogP contribution in [0.3, 0.4) is 0 Å². The highest BCUT2D eigenvalue weighted by Gasteiger charge is 2.50. The van der Waals surface area contributed by atoms with E-state index in [0.717, 1.165) is 31.3 Å². The van der Waals surface area contributed by atoms with Gasteiger partial charge in [0, 0.05) is 13.1 Å². The van der Waals surface area contributed by atoms with Gasteiger partial charge in [-0.2, -0.15) is 0 Å². The second-order valence-electron chi connectivity index (χ2n) is 11.7. The molecule has 2 heterocycles. The number of Topliss-reactive ketones (excluding diaryl/α,β-unsaturated/α-hetero) is 1. The van der Waals surface area contributed by atoms with Crippen LogP contribution in [0.5, 0.6) is 5.75 Å². The van der Waals surface area contributed by atoms with Crippen molar-refractivity contribution in [3.63, 3.8) is 0 Å². The van der Waals surface area contributed by atoms with Gasteiger partial charge in [0.25, 0.3) is 0 Å². The first-order valence-electron chi connectivity index (χ1n) is 15.0. The van der Waals surface area contributed by atoms with E-state index in [4.69, 9.17) is 14.2 Å². The topological polar surface area (TPSA) is 168 Å². The average Bonchev–Trinajstić information content (AvgIpc) is 3.77. The lowest BCUT2D eigenvalue weighted by atomic mass is 9.89. The second kappa shape index (κ2) is 14.9. The summed E-state index contributed by atoms with van der Waals surface area (Å²) in [6.07, 6.45) is 4.59. The number of benzene rings is 1. The number of amides is 3. The van der Waals surface area contributed by atoms with Crippen LogP contribution in [0.2, 0.25) is 0 Å². The third-order valence-corrected chi connectivity index (χ3v) is 8.12. The summed E-state index contributed by atoms with van der Waals surface area (Å²) in [5, 5.41) is 22.5. The molecule has 2 aliphatic heterocycles. The molecule has 0 radical (unpaired) electrons. The Labute approximate surface area is 252 Å². The highest BCUT2D eigenvalue weighted by Crippen LogP contribution is 2.31. The third-order valence-electron chi connectivity index (χ3n) is 8.12. The van der Waals surface area contributed by atoms with Crippen molar-refractivity contribution in [3.8, 4) is 5.75 Å². The maximum atomic E-state index is 13.8.